The number of rotatable bonds is 4. The molecule has 0 saturated carbocycles. The summed E-state index contributed by atoms with van der Waals surface area (Å²) in [4.78, 5) is 0. The highest BCUT2D eigenvalue weighted by Crippen LogP contribution is 2.55. The SMILES string of the molecule is COC1[C@H](CCCN)O[C@@H]2CO[Si](C(C)(C)C)(C(C)(C)C)O[C@@H]12. The molecule has 0 aromatic rings. The van der Waals surface area contributed by atoms with Crippen LogP contribution in [0.5, 0.6) is 0 Å². The van der Waals surface area contributed by atoms with E-state index in [9.17, 15) is 0 Å². The van der Waals surface area contributed by atoms with Gasteiger partial charge >= 0.3 is 8.56 Å². The average molecular weight is 346 g/mol. The molecule has 136 valence electrons. The molecule has 6 heteroatoms. The number of hydrogen-bond donors (Lipinski definition) is 1. The molecule has 2 aliphatic heterocycles. The maximum atomic E-state index is 6.78. The van der Waals surface area contributed by atoms with Crippen LogP contribution in [0.1, 0.15) is 54.4 Å². The van der Waals surface area contributed by atoms with E-state index < -0.39 is 8.56 Å². The van der Waals surface area contributed by atoms with Gasteiger partial charge in [-0.2, -0.15) is 0 Å². The van der Waals surface area contributed by atoms with Crippen LogP contribution < -0.4 is 5.73 Å². The summed E-state index contributed by atoms with van der Waals surface area (Å²) in [5.41, 5.74) is 5.65. The minimum Gasteiger partial charge on any atom is -0.391 e. The number of methoxy groups -OCH3 is 1. The van der Waals surface area contributed by atoms with Crippen molar-refractivity contribution in [2.24, 2.45) is 5.73 Å². The lowest BCUT2D eigenvalue weighted by atomic mass is 10.0. The molecule has 0 aromatic heterocycles. The fourth-order valence-corrected chi connectivity index (χ4v) is 9.21. The summed E-state index contributed by atoms with van der Waals surface area (Å²) < 4.78 is 25.2. The molecule has 23 heavy (non-hydrogen) atoms. The van der Waals surface area contributed by atoms with Gasteiger partial charge in [0.1, 0.15) is 18.3 Å². The summed E-state index contributed by atoms with van der Waals surface area (Å²) in [5, 5.41) is -0.0479. The molecule has 4 atom stereocenters. The molecule has 2 saturated heterocycles. The maximum absolute atomic E-state index is 6.78. The van der Waals surface area contributed by atoms with E-state index in [1.807, 2.05) is 0 Å². The smallest absolute Gasteiger partial charge is 0.349 e. The molecular weight excluding hydrogens is 310 g/mol. The molecule has 0 aromatic carbocycles. The first-order valence-corrected chi connectivity index (χ1v) is 10.6. The van der Waals surface area contributed by atoms with Crippen molar-refractivity contribution in [3.05, 3.63) is 0 Å². The standard InChI is InChI=1S/C17H35NO4Si/c1-16(2,3)23(17(4,5)6)20-11-13-15(22-23)14(19-7)12(21-13)9-8-10-18/h12-15H,8-11,18H2,1-7H3/t12-,13+,14?,15+/m0/s1. The first-order chi connectivity index (χ1) is 10.6. The van der Waals surface area contributed by atoms with Crippen LogP contribution in [0.15, 0.2) is 0 Å². The third kappa shape index (κ3) is 3.39. The number of nitrogens with two attached hydrogens (primary N) is 1. The van der Waals surface area contributed by atoms with Crippen molar-refractivity contribution >= 4 is 8.56 Å². The minimum atomic E-state index is -2.48. The first-order valence-electron chi connectivity index (χ1n) is 8.77. The van der Waals surface area contributed by atoms with Crippen LogP contribution >= 0.6 is 0 Å². The van der Waals surface area contributed by atoms with Crippen molar-refractivity contribution in [2.45, 2.75) is 88.9 Å². The fraction of sp³-hybridized carbons (Fsp3) is 1.00. The van der Waals surface area contributed by atoms with E-state index in [1.54, 1.807) is 7.11 Å². The second-order valence-electron chi connectivity index (χ2n) is 8.85. The maximum Gasteiger partial charge on any atom is 0.349 e. The van der Waals surface area contributed by atoms with Crippen LogP contribution in [0.3, 0.4) is 0 Å². The Labute approximate surface area is 142 Å². The zero-order valence-electron chi connectivity index (χ0n) is 15.8. The van der Waals surface area contributed by atoms with Gasteiger partial charge in [-0.1, -0.05) is 41.5 Å². The lowest BCUT2D eigenvalue weighted by molar-refractivity contribution is -0.0744. The van der Waals surface area contributed by atoms with Gasteiger partial charge in [0.05, 0.1) is 12.7 Å². The van der Waals surface area contributed by atoms with E-state index in [0.717, 1.165) is 12.8 Å². The minimum absolute atomic E-state index is 0.0240. The third-order valence-electron chi connectivity index (χ3n) is 5.10. The van der Waals surface area contributed by atoms with Gasteiger partial charge in [-0.3, -0.25) is 0 Å². The molecular formula is C17H35NO4Si. The molecule has 2 heterocycles. The topological polar surface area (TPSA) is 62.9 Å². The summed E-state index contributed by atoms with van der Waals surface area (Å²) in [5.74, 6) is 0. The van der Waals surface area contributed by atoms with E-state index in [-0.39, 0.29) is 34.5 Å². The van der Waals surface area contributed by atoms with E-state index >= 15 is 0 Å². The van der Waals surface area contributed by atoms with Crippen LogP contribution in [0, 0.1) is 0 Å². The van der Waals surface area contributed by atoms with Crippen molar-refractivity contribution in [2.75, 3.05) is 20.3 Å². The lowest BCUT2D eigenvalue weighted by Crippen LogP contribution is -2.65. The quantitative estimate of drug-likeness (QED) is 0.794. The van der Waals surface area contributed by atoms with Gasteiger partial charge in [0.15, 0.2) is 0 Å². The van der Waals surface area contributed by atoms with Crippen molar-refractivity contribution in [1.29, 1.82) is 0 Å². The van der Waals surface area contributed by atoms with Crippen molar-refractivity contribution in [3.8, 4) is 0 Å². The predicted molar refractivity (Wildman–Crippen MR) is 93.8 cm³/mol. The second kappa shape index (κ2) is 6.73. The molecule has 2 N–H and O–H groups in total. The van der Waals surface area contributed by atoms with Crippen molar-refractivity contribution < 1.29 is 18.3 Å². The van der Waals surface area contributed by atoms with Gasteiger partial charge in [-0.25, -0.2) is 0 Å². The van der Waals surface area contributed by atoms with Crippen LogP contribution in [-0.4, -0.2) is 53.2 Å². The molecule has 2 aliphatic rings. The summed E-state index contributed by atoms with van der Waals surface area (Å²) in [6, 6.07) is 0. The highest BCUT2D eigenvalue weighted by atomic mass is 28.4. The Morgan fingerprint density at radius 3 is 2.22 bits per heavy atom. The Hall–Kier alpha value is 0.0169. The Bertz CT molecular complexity index is 390. The van der Waals surface area contributed by atoms with Crippen LogP contribution in [-0.2, 0) is 18.3 Å². The van der Waals surface area contributed by atoms with Gasteiger partial charge < -0.3 is 24.1 Å². The van der Waals surface area contributed by atoms with Gasteiger partial charge in [0.25, 0.3) is 0 Å². The Balaban J connectivity index is 2.26. The zero-order chi connectivity index (χ0) is 17.5. The molecule has 0 amide bonds. The lowest BCUT2D eigenvalue weighted by Gasteiger charge is -2.53. The second-order valence-corrected chi connectivity index (χ2v) is 13.6. The van der Waals surface area contributed by atoms with E-state index in [1.165, 1.54) is 0 Å². The number of ether oxygens (including phenoxy) is 2. The third-order valence-corrected chi connectivity index (χ3v) is 10.2. The highest BCUT2D eigenvalue weighted by molar-refractivity contribution is 6.73. The first kappa shape index (κ1) is 19.3. The van der Waals surface area contributed by atoms with E-state index in [2.05, 4.69) is 41.5 Å². The van der Waals surface area contributed by atoms with Gasteiger partial charge in [0, 0.05) is 17.2 Å². The Morgan fingerprint density at radius 2 is 1.74 bits per heavy atom. The molecule has 2 rings (SSSR count). The predicted octanol–water partition coefficient (Wildman–Crippen LogP) is 2.97. The van der Waals surface area contributed by atoms with E-state index in [0.29, 0.717) is 13.2 Å². The van der Waals surface area contributed by atoms with Gasteiger partial charge in [0.2, 0.25) is 0 Å². The normalized spacial score (nSPS) is 34.4. The monoisotopic (exact) mass is 345 g/mol. The van der Waals surface area contributed by atoms with Crippen molar-refractivity contribution in [1.82, 2.24) is 0 Å². The van der Waals surface area contributed by atoms with Gasteiger partial charge in [-0.05, 0) is 19.4 Å². The Morgan fingerprint density at radius 1 is 1.13 bits per heavy atom. The Kier molecular flexibility index (Phi) is 5.66. The fourth-order valence-electron chi connectivity index (χ4n) is 4.25. The van der Waals surface area contributed by atoms with Crippen LogP contribution in [0.4, 0.5) is 0 Å². The molecule has 0 radical (unpaired) electrons. The van der Waals surface area contributed by atoms with Crippen molar-refractivity contribution in [3.63, 3.8) is 0 Å². The van der Waals surface area contributed by atoms with Crippen LogP contribution in [0.25, 0.3) is 0 Å². The zero-order valence-corrected chi connectivity index (χ0v) is 16.8. The summed E-state index contributed by atoms with van der Waals surface area (Å²) in [6.07, 6.45) is 1.78. The molecule has 1 unspecified atom stereocenters. The average Bonchev–Trinajstić information content (AvgIpc) is 2.78. The van der Waals surface area contributed by atoms with Gasteiger partial charge in [-0.15, -0.1) is 0 Å². The summed E-state index contributed by atoms with van der Waals surface area (Å²) >= 11 is 0. The highest BCUT2D eigenvalue weighted by Gasteiger charge is 2.64. The molecule has 0 aliphatic carbocycles. The van der Waals surface area contributed by atoms with E-state index in [4.69, 9.17) is 24.1 Å². The molecule has 5 nitrogen and oxygen atoms in total. The number of fused-ring (bicyclic) bond motifs is 1. The summed E-state index contributed by atoms with van der Waals surface area (Å²) in [7, 11) is -0.723. The largest absolute Gasteiger partial charge is 0.391 e. The van der Waals surface area contributed by atoms with Crippen LogP contribution in [0.2, 0.25) is 10.1 Å². The molecule has 0 bridgehead atoms. The number of hydrogen-bond acceptors (Lipinski definition) is 5. The summed E-state index contributed by atoms with van der Waals surface area (Å²) in [6.45, 7) is 14.7. The molecule has 2 fully saturated rings. The molecule has 0 spiro atoms.